The van der Waals surface area contributed by atoms with Gasteiger partial charge in [0.25, 0.3) is 0 Å². The van der Waals surface area contributed by atoms with Gasteiger partial charge in [0, 0.05) is 0 Å². The van der Waals surface area contributed by atoms with Gasteiger partial charge in [0.05, 0.1) is 5.41 Å². The second-order valence-electron chi connectivity index (χ2n) is 4.40. The van der Waals surface area contributed by atoms with Gasteiger partial charge < -0.3 is 5.11 Å². The van der Waals surface area contributed by atoms with Crippen molar-refractivity contribution in [1.82, 2.24) is 0 Å². The van der Waals surface area contributed by atoms with Crippen molar-refractivity contribution < 1.29 is 9.90 Å². The van der Waals surface area contributed by atoms with Crippen LogP contribution in [0.15, 0.2) is 12.7 Å². The highest BCUT2D eigenvalue weighted by Crippen LogP contribution is 2.42. The van der Waals surface area contributed by atoms with Crippen LogP contribution in [-0.2, 0) is 4.79 Å². The van der Waals surface area contributed by atoms with E-state index in [1.807, 2.05) is 6.92 Å². The highest BCUT2D eigenvalue weighted by molar-refractivity contribution is 5.75. The summed E-state index contributed by atoms with van der Waals surface area (Å²) in [5.41, 5.74) is -0.530. The molecule has 1 rings (SSSR count). The molecule has 0 aromatic rings. The minimum absolute atomic E-state index is 0.0816. The Kier molecular flexibility index (Phi) is 3.73. The lowest BCUT2D eigenvalue weighted by Crippen LogP contribution is -2.36. The summed E-state index contributed by atoms with van der Waals surface area (Å²) in [7, 11) is 0. The Balaban J connectivity index is 2.88. The second-order valence-corrected chi connectivity index (χ2v) is 4.40. The summed E-state index contributed by atoms with van der Waals surface area (Å²) in [4.78, 5) is 11.4. The quantitative estimate of drug-likeness (QED) is 0.555. The predicted molar refractivity (Wildman–Crippen MR) is 57.1 cm³/mol. The average Bonchev–Trinajstić information content (AvgIpc) is 2.42. The topological polar surface area (TPSA) is 37.3 Å². The number of allylic oxidation sites excluding steroid dienone is 1. The zero-order valence-corrected chi connectivity index (χ0v) is 8.96. The van der Waals surface area contributed by atoms with E-state index < -0.39 is 11.4 Å². The van der Waals surface area contributed by atoms with E-state index >= 15 is 0 Å². The maximum Gasteiger partial charge on any atom is 0.310 e. The van der Waals surface area contributed by atoms with Crippen LogP contribution in [0.3, 0.4) is 0 Å². The van der Waals surface area contributed by atoms with Gasteiger partial charge in [-0.25, -0.2) is 0 Å². The lowest BCUT2D eigenvalue weighted by Gasteiger charge is -2.32. The maximum atomic E-state index is 11.4. The van der Waals surface area contributed by atoms with Gasteiger partial charge in [-0.3, -0.25) is 4.79 Å². The van der Waals surface area contributed by atoms with Crippen LogP contribution in [0, 0.1) is 11.3 Å². The number of hydrogen-bond donors (Lipinski definition) is 1. The fourth-order valence-corrected chi connectivity index (χ4v) is 2.45. The molecule has 1 aliphatic carbocycles. The van der Waals surface area contributed by atoms with Crippen molar-refractivity contribution in [2.45, 2.75) is 45.4 Å². The maximum absolute atomic E-state index is 11.4. The molecule has 0 amide bonds. The molecule has 0 aromatic heterocycles. The Labute approximate surface area is 86.0 Å². The van der Waals surface area contributed by atoms with E-state index in [9.17, 15) is 9.90 Å². The van der Waals surface area contributed by atoms with Gasteiger partial charge in [-0.2, -0.15) is 0 Å². The normalized spacial score (nSPS) is 23.5. The van der Waals surface area contributed by atoms with Gasteiger partial charge >= 0.3 is 5.97 Å². The molecule has 1 N–H and O–H groups in total. The summed E-state index contributed by atoms with van der Waals surface area (Å²) >= 11 is 0. The first-order valence-corrected chi connectivity index (χ1v) is 5.49. The zero-order chi connectivity index (χ0) is 10.6. The first-order valence-electron chi connectivity index (χ1n) is 5.49. The van der Waals surface area contributed by atoms with E-state index in [1.165, 1.54) is 12.8 Å². The van der Waals surface area contributed by atoms with Crippen LogP contribution in [0.4, 0.5) is 0 Å². The minimum Gasteiger partial charge on any atom is -0.481 e. The summed E-state index contributed by atoms with van der Waals surface area (Å²) in [6, 6.07) is 0. The van der Waals surface area contributed by atoms with Crippen LogP contribution in [-0.4, -0.2) is 11.1 Å². The number of hydrogen-bond acceptors (Lipinski definition) is 1. The molecule has 1 atom stereocenters. The van der Waals surface area contributed by atoms with Crippen molar-refractivity contribution >= 4 is 5.97 Å². The molecule has 80 valence electrons. The Morgan fingerprint density at radius 2 is 1.86 bits per heavy atom. The molecule has 0 heterocycles. The van der Waals surface area contributed by atoms with Crippen LogP contribution < -0.4 is 0 Å². The van der Waals surface area contributed by atoms with Crippen LogP contribution in [0.1, 0.15) is 45.4 Å². The number of aliphatic carboxylic acids is 1. The van der Waals surface area contributed by atoms with Gasteiger partial charge in [-0.05, 0) is 18.8 Å². The summed E-state index contributed by atoms with van der Waals surface area (Å²) in [6.07, 6.45) is 7.87. The number of carboxylic acids is 1. The summed E-state index contributed by atoms with van der Waals surface area (Å²) in [5, 5.41) is 9.37. The zero-order valence-electron chi connectivity index (χ0n) is 8.96. The number of rotatable bonds is 3. The van der Waals surface area contributed by atoms with Gasteiger partial charge in [0.15, 0.2) is 0 Å². The monoisotopic (exact) mass is 196 g/mol. The van der Waals surface area contributed by atoms with Gasteiger partial charge in [-0.15, -0.1) is 6.58 Å². The van der Waals surface area contributed by atoms with Gasteiger partial charge in [0.2, 0.25) is 0 Å². The Morgan fingerprint density at radius 3 is 2.21 bits per heavy atom. The molecule has 14 heavy (non-hydrogen) atoms. The fraction of sp³-hybridized carbons (Fsp3) is 0.750. The molecule has 0 aromatic carbocycles. The highest BCUT2D eigenvalue weighted by atomic mass is 16.4. The number of carbonyl (C=O) groups is 1. The van der Waals surface area contributed by atoms with Crippen LogP contribution in [0.25, 0.3) is 0 Å². The molecular weight excluding hydrogens is 176 g/mol. The van der Waals surface area contributed by atoms with E-state index in [-0.39, 0.29) is 5.92 Å². The first-order chi connectivity index (χ1) is 6.63. The highest BCUT2D eigenvalue weighted by Gasteiger charge is 2.42. The Morgan fingerprint density at radius 1 is 1.36 bits per heavy atom. The molecule has 0 saturated heterocycles. The summed E-state index contributed by atoms with van der Waals surface area (Å²) in [5.74, 6) is -0.551. The largest absolute Gasteiger partial charge is 0.481 e. The van der Waals surface area contributed by atoms with Crippen molar-refractivity contribution in [1.29, 1.82) is 0 Å². The third-order valence-corrected chi connectivity index (χ3v) is 3.65. The van der Waals surface area contributed by atoms with Crippen molar-refractivity contribution in [2.24, 2.45) is 11.3 Å². The van der Waals surface area contributed by atoms with Crippen molar-refractivity contribution in [2.75, 3.05) is 0 Å². The molecular formula is C12H20O2. The predicted octanol–water partition coefficient (Wildman–Crippen LogP) is 3.23. The van der Waals surface area contributed by atoms with Crippen molar-refractivity contribution in [3.05, 3.63) is 12.7 Å². The van der Waals surface area contributed by atoms with Gasteiger partial charge in [-0.1, -0.05) is 38.7 Å². The SMILES string of the molecule is C=CC(C)C1(C(=O)O)CCCCCC1. The fourth-order valence-electron chi connectivity index (χ4n) is 2.45. The van der Waals surface area contributed by atoms with E-state index in [0.717, 1.165) is 25.7 Å². The summed E-state index contributed by atoms with van der Waals surface area (Å²) in [6.45, 7) is 5.71. The van der Waals surface area contributed by atoms with E-state index in [2.05, 4.69) is 6.58 Å². The van der Waals surface area contributed by atoms with Crippen LogP contribution in [0.2, 0.25) is 0 Å². The third-order valence-electron chi connectivity index (χ3n) is 3.65. The van der Waals surface area contributed by atoms with Gasteiger partial charge in [0.1, 0.15) is 0 Å². The molecule has 0 bridgehead atoms. The molecule has 0 aliphatic heterocycles. The minimum atomic E-state index is -0.633. The van der Waals surface area contributed by atoms with Crippen LogP contribution >= 0.6 is 0 Å². The third kappa shape index (κ3) is 1.99. The Hall–Kier alpha value is -0.790. The first kappa shape index (κ1) is 11.3. The van der Waals surface area contributed by atoms with E-state index in [4.69, 9.17) is 0 Å². The average molecular weight is 196 g/mol. The molecule has 2 nitrogen and oxygen atoms in total. The molecule has 1 fully saturated rings. The molecule has 1 aliphatic rings. The second kappa shape index (κ2) is 4.63. The Bertz CT molecular complexity index is 212. The smallest absolute Gasteiger partial charge is 0.310 e. The molecule has 2 heteroatoms. The van der Waals surface area contributed by atoms with Crippen molar-refractivity contribution in [3.8, 4) is 0 Å². The number of carboxylic acid groups (broad SMARTS) is 1. The van der Waals surface area contributed by atoms with Crippen molar-refractivity contribution in [3.63, 3.8) is 0 Å². The molecule has 1 unspecified atom stereocenters. The summed E-state index contributed by atoms with van der Waals surface area (Å²) < 4.78 is 0. The lowest BCUT2D eigenvalue weighted by atomic mass is 9.71. The standard InChI is InChI=1S/C12H20O2/c1-3-10(2)12(11(13)14)8-6-4-5-7-9-12/h3,10H,1,4-9H2,2H3,(H,13,14). The van der Waals surface area contributed by atoms with E-state index in [0.29, 0.717) is 0 Å². The lowest BCUT2D eigenvalue weighted by molar-refractivity contribution is -0.152. The molecule has 0 spiro atoms. The molecule has 0 radical (unpaired) electrons. The molecule has 1 saturated carbocycles. The van der Waals surface area contributed by atoms with E-state index in [1.54, 1.807) is 6.08 Å². The van der Waals surface area contributed by atoms with Crippen LogP contribution in [0.5, 0.6) is 0 Å².